The van der Waals surface area contributed by atoms with Crippen molar-refractivity contribution in [3.63, 3.8) is 0 Å². The largest absolute Gasteiger partial charge is 0.464 e. The van der Waals surface area contributed by atoms with E-state index in [1.165, 1.54) is 12.5 Å². The molecule has 0 saturated heterocycles. The maximum Gasteiger partial charge on any atom is 0.416 e. The van der Waals surface area contributed by atoms with E-state index < -0.39 is 23.5 Å². The van der Waals surface area contributed by atoms with Crippen molar-refractivity contribution in [2.75, 3.05) is 7.11 Å². The third-order valence-electron chi connectivity index (χ3n) is 2.43. The fourth-order valence-corrected chi connectivity index (χ4v) is 2.28. The average molecular weight is 305 g/mol. The highest BCUT2D eigenvalue weighted by molar-refractivity contribution is 7.13. The van der Waals surface area contributed by atoms with Gasteiger partial charge in [0.2, 0.25) is 0 Å². The number of aromatic nitrogens is 1. The van der Waals surface area contributed by atoms with Crippen LogP contribution in [0, 0.1) is 5.82 Å². The number of methoxy groups -OCH3 is 1. The van der Waals surface area contributed by atoms with E-state index in [2.05, 4.69) is 9.72 Å². The van der Waals surface area contributed by atoms with Gasteiger partial charge in [-0.3, -0.25) is 0 Å². The van der Waals surface area contributed by atoms with Crippen molar-refractivity contribution in [2.45, 2.75) is 6.18 Å². The van der Waals surface area contributed by atoms with E-state index in [4.69, 9.17) is 0 Å². The Labute approximate surface area is 114 Å². The molecule has 0 aliphatic rings. The van der Waals surface area contributed by atoms with Crippen molar-refractivity contribution in [3.05, 3.63) is 40.7 Å². The normalized spacial score (nSPS) is 11.4. The lowest BCUT2D eigenvalue weighted by Gasteiger charge is -2.07. The molecule has 106 valence electrons. The molecular weight excluding hydrogens is 298 g/mol. The Morgan fingerprint density at radius 1 is 1.35 bits per heavy atom. The summed E-state index contributed by atoms with van der Waals surface area (Å²) in [5.74, 6) is -1.74. The summed E-state index contributed by atoms with van der Waals surface area (Å²) in [4.78, 5) is 15.0. The minimum absolute atomic E-state index is 0.0215. The monoisotopic (exact) mass is 305 g/mol. The van der Waals surface area contributed by atoms with E-state index in [1.807, 2.05) is 0 Å². The average Bonchev–Trinajstić information content (AvgIpc) is 2.86. The van der Waals surface area contributed by atoms with Crippen molar-refractivity contribution in [3.8, 4) is 10.6 Å². The van der Waals surface area contributed by atoms with Gasteiger partial charge in [0, 0.05) is 10.9 Å². The van der Waals surface area contributed by atoms with Gasteiger partial charge in [0.1, 0.15) is 10.8 Å². The van der Waals surface area contributed by atoms with Crippen LogP contribution in [-0.2, 0) is 10.9 Å². The molecule has 0 aliphatic heterocycles. The molecule has 0 fully saturated rings. The van der Waals surface area contributed by atoms with Gasteiger partial charge < -0.3 is 4.74 Å². The number of nitrogens with zero attached hydrogens (tertiary/aromatic N) is 1. The zero-order chi connectivity index (χ0) is 14.9. The van der Waals surface area contributed by atoms with Crippen LogP contribution in [0.3, 0.4) is 0 Å². The number of carbonyl (C=O) groups is 1. The number of thiazole rings is 1. The van der Waals surface area contributed by atoms with Gasteiger partial charge in [-0.1, -0.05) is 0 Å². The third-order valence-corrected chi connectivity index (χ3v) is 3.30. The van der Waals surface area contributed by atoms with Crippen LogP contribution in [0.4, 0.5) is 17.6 Å². The molecule has 2 aromatic rings. The molecule has 0 radical (unpaired) electrons. The van der Waals surface area contributed by atoms with Crippen LogP contribution < -0.4 is 0 Å². The van der Waals surface area contributed by atoms with E-state index in [1.54, 1.807) is 0 Å². The number of alkyl halides is 3. The highest BCUT2D eigenvalue weighted by Crippen LogP contribution is 2.33. The van der Waals surface area contributed by atoms with Gasteiger partial charge in [-0.25, -0.2) is 14.2 Å². The second-order valence-electron chi connectivity index (χ2n) is 3.72. The smallest absolute Gasteiger partial charge is 0.416 e. The topological polar surface area (TPSA) is 39.2 Å². The number of hydrogen-bond acceptors (Lipinski definition) is 4. The number of benzene rings is 1. The first kappa shape index (κ1) is 14.4. The molecule has 0 aliphatic carbocycles. The van der Waals surface area contributed by atoms with E-state index in [0.29, 0.717) is 6.07 Å². The van der Waals surface area contributed by atoms with Gasteiger partial charge in [0.05, 0.1) is 12.7 Å². The maximum absolute atomic E-state index is 13.7. The molecule has 0 unspecified atom stereocenters. The Kier molecular flexibility index (Phi) is 3.76. The first-order valence-electron chi connectivity index (χ1n) is 5.24. The molecule has 0 N–H and O–H groups in total. The molecule has 1 heterocycles. The van der Waals surface area contributed by atoms with Crippen LogP contribution in [0.25, 0.3) is 10.6 Å². The molecule has 2 rings (SSSR count). The number of esters is 1. The Hall–Kier alpha value is -1.96. The summed E-state index contributed by atoms with van der Waals surface area (Å²) in [6.07, 6.45) is -4.61. The number of rotatable bonds is 2. The Bertz CT molecular complexity index is 651. The van der Waals surface area contributed by atoms with Gasteiger partial charge in [-0.2, -0.15) is 13.2 Å². The number of hydrogen-bond donors (Lipinski definition) is 0. The van der Waals surface area contributed by atoms with E-state index in [-0.39, 0.29) is 16.3 Å². The molecular formula is C12H7F4NO2S. The Balaban J connectivity index is 2.39. The predicted molar refractivity (Wildman–Crippen MR) is 63.8 cm³/mol. The summed E-state index contributed by atoms with van der Waals surface area (Å²) in [5, 5.41) is 1.45. The van der Waals surface area contributed by atoms with E-state index in [9.17, 15) is 22.4 Å². The van der Waals surface area contributed by atoms with Gasteiger partial charge >= 0.3 is 12.1 Å². The van der Waals surface area contributed by atoms with Crippen LogP contribution in [0.1, 0.15) is 16.1 Å². The van der Waals surface area contributed by atoms with Crippen molar-refractivity contribution >= 4 is 17.3 Å². The minimum Gasteiger partial charge on any atom is -0.464 e. The lowest BCUT2D eigenvalue weighted by atomic mass is 10.1. The summed E-state index contributed by atoms with van der Waals surface area (Å²) < 4.78 is 55.4. The first-order valence-corrected chi connectivity index (χ1v) is 6.12. The van der Waals surface area contributed by atoms with Gasteiger partial charge in [0.25, 0.3) is 0 Å². The summed E-state index contributed by atoms with van der Waals surface area (Å²) in [7, 11) is 1.17. The van der Waals surface area contributed by atoms with Gasteiger partial charge in [0.15, 0.2) is 5.69 Å². The maximum atomic E-state index is 13.7. The molecule has 1 aromatic heterocycles. The van der Waals surface area contributed by atoms with Crippen molar-refractivity contribution in [1.29, 1.82) is 0 Å². The summed E-state index contributed by atoms with van der Waals surface area (Å²) in [6, 6.07) is 2.14. The molecule has 1 aromatic carbocycles. The molecule has 0 atom stereocenters. The second-order valence-corrected chi connectivity index (χ2v) is 4.58. The van der Waals surface area contributed by atoms with Gasteiger partial charge in [-0.15, -0.1) is 11.3 Å². The highest BCUT2D eigenvalue weighted by Gasteiger charge is 2.31. The van der Waals surface area contributed by atoms with Crippen LogP contribution in [0.15, 0.2) is 23.6 Å². The first-order chi connectivity index (χ1) is 9.32. The van der Waals surface area contributed by atoms with Crippen molar-refractivity contribution in [2.24, 2.45) is 0 Å². The summed E-state index contributed by atoms with van der Waals surface area (Å²) >= 11 is 0.941. The molecule has 0 spiro atoms. The van der Waals surface area contributed by atoms with E-state index in [0.717, 1.165) is 23.5 Å². The molecule has 0 amide bonds. The van der Waals surface area contributed by atoms with Gasteiger partial charge in [-0.05, 0) is 18.2 Å². The zero-order valence-electron chi connectivity index (χ0n) is 9.99. The van der Waals surface area contributed by atoms with Crippen LogP contribution in [0.2, 0.25) is 0 Å². The summed E-state index contributed by atoms with van der Waals surface area (Å²) in [6.45, 7) is 0. The number of ether oxygens (including phenoxy) is 1. The van der Waals surface area contributed by atoms with Crippen LogP contribution in [-0.4, -0.2) is 18.1 Å². The number of halogens is 4. The standard InChI is InChI=1S/C12H7F4NO2S/c1-19-11(18)9-5-20-10(17-9)7-3-2-6(4-8(7)13)12(14,15)16/h2-5H,1H3. The van der Waals surface area contributed by atoms with Crippen LogP contribution in [0.5, 0.6) is 0 Å². The van der Waals surface area contributed by atoms with Crippen LogP contribution >= 0.6 is 11.3 Å². The second kappa shape index (κ2) is 5.20. The lowest BCUT2D eigenvalue weighted by Crippen LogP contribution is -2.05. The predicted octanol–water partition coefficient (Wildman–Crippen LogP) is 3.75. The Morgan fingerprint density at radius 2 is 2.05 bits per heavy atom. The molecule has 3 nitrogen and oxygen atoms in total. The van der Waals surface area contributed by atoms with E-state index >= 15 is 0 Å². The molecule has 20 heavy (non-hydrogen) atoms. The molecule has 0 saturated carbocycles. The lowest BCUT2D eigenvalue weighted by molar-refractivity contribution is -0.137. The number of carbonyl (C=O) groups excluding carboxylic acids is 1. The zero-order valence-corrected chi connectivity index (χ0v) is 10.8. The quantitative estimate of drug-likeness (QED) is 0.626. The third kappa shape index (κ3) is 2.79. The van der Waals surface area contributed by atoms with Crippen molar-refractivity contribution < 1.29 is 27.1 Å². The SMILES string of the molecule is COC(=O)c1csc(-c2ccc(C(F)(F)F)cc2F)n1. The summed E-state index contributed by atoms with van der Waals surface area (Å²) in [5.41, 5.74) is -1.20. The minimum atomic E-state index is -4.61. The molecule has 8 heteroatoms. The van der Waals surface area contributed by atoms with Crippen molar-refractivity contribution in [1.82, 2.24) is 4.98 Å². The molecule has 0 bridgehead atoms. The fraction of sp³-hybridized carbons (Fsp3) is 0.167. The highest BCUT2D eigenvalue weighted by atomic mass is 32.1. The Morgan fingerprint density at radius 3 is 2.60 bits per heavy atom. The fourth-order valence-electron chi connectivity index (χ4n) is 1.46.